The fourth-order valence-corrected chi connectivity index (χ4v) is 3.23. The first-order chi connectivity index (χ1) is 15.9. The molecule has 2 N–H and O–H groups in total. The molecule has 33 heavy (non-hydrogen) atoms. The number of hydrogen-bond donors (Lipinski definition) is 2. The van der Waals surface area contributed by atoms with Crippen LogP contribution in [0.5, 0.6) is 0 Å². The highest BCUT2D eigenvalue weighted by Crippen LogP contribution is 2.20. The number of carbonyl (C=O) groups excluding carboxylic acids is 2. The minimum absolute atomic E-state index is 0.107. The predicted octanol–water partition coefficient (Wildman–Crippen LogP) is 4.46. The van der Waals surface area contributed by atoms with Crippen molar-refractivity contribution < 1.29 is 38.9 Å². The van der Waals surface area contributed by atoms with E-state index in [9.17, 15) is 29.4 Å². The second kappa shape index (κ2) is 13.7. The van der Waals surface area contributed by atoms with Crippen molar-refractivity contribution in [2.24, 2.45) is 0 Å². The van der Waals surface area contributed by atoms with E-state index in [4.69, 9.17) is 9.47 Å². The Morgan fingerprint density at radius 3 is 1.24 bits per heavy atom. The van der Waals surface area contributed by atoms with E-state index in [1.165, 1.54) is 0 Å². The fourth-order valence-electron chi connectivity index (χ4n) is 3.23. The molecule has 2 aromatic carbocycles. The van der Waals surface area contributed by atoms with E-state index in [-0.39, 0.29) is 12.8 Å². The van der Waals surface area contributed by atoms with Gasteiger partial charge in [0.25, 0.3) is 0 Å². The van der Waals surface area contributed by atoms with Gasteiger partial charge in [0.15, 0.2) is 0 Å². The minimum Gasteiger partial charge on any atom is -0.478 e. The molecule has 0 saturated heterocycles. The average molecular weight is 456 g/mol. The van der Waals surface area contributed by atoms with Crippen molar-refractivity contribution in [3.8, 4) is 0 Å². The summed E-state index contributed by atoms with van der Waals surface area (Å²) >= 11 is 0. The zero-order chi connectivity index (χ0) is 24.1. The number of carboxylic acid groups (broad SMARTS) is 2. The summed E-state index contributed by atoms with van der Waals surface area (Å²) in [7, 11) is 0. The van der Waals surface area contributed by atoms with Crippen molar-refractivity contribution in [3.05, 3.63) is 71.8 Å². The van der Waals surface area contributed by atoms with Gasteiger partial charge in [0.2, 0.25) is 12.2 Å². The van der Waals surface area contributed by atoms with Crippen molar-refractivity contribution in [2.75, 3.05) is 0 Å². The van der Waals surface area contributed by atoms with Gasteiger partial charge in [-0.3, -0.25) is 9.59 Å². The quantitative estimate of drug-likeness (QED) is 0.315. The summed E-state index contributed by atoms with van der Waals surface area (Å²) in [5.41, 5.74) is 0.810. The lowest BCUT2D eigenvalue weighted by molar-refractivity contribution is -0.164. The molecule has 8 nitrogen and oxygen atoms in total. The Morgan fingerprint density at radius 1 is 0.576 bits per heavy atom. The second-order valence-electron chi connectivity index (χ2n) is 7.51. The van der Waals surface area contributed by atoms with Gasteiger partial charge in [-0.2, -0.15) is 0 Å². The highest BCUT2D eigenvalue weighted by Gasteiger charge is 2.24. The summed E-state index contributed by atoms with van der Waals surface area (Å²) in [5, 5.41) is 18.6. The molecule has 0 amide bonds. The fraction of sp³-hybridized carbons (Fsp3) is 0.360. The molecule has 0 aliphatic heterocycles. The van der Waals surface area contributed by atoms with Crippen LogP contribution in [0.25, 0.3) is 0 Å². The van der Waals surface area contributed by atoms with Crippen LogP contribution in [-0.4, -0.2) is 34.1 Å². The number of hydrogen-bond acceptors (Lipinski definition) is 6. The highest BCUT2D eigenvalue weighted by atomic mass is 16.6. The topological polar surface area (TPSA) is 127 Å². The van der Waals surface area contributed by atoms with Crippen LogP contribution in [0.3, 0.4) is 0 Å². The molecule has 2 rings (SSSR count). The summed E-state index contributed by atoms with van der Waals surface area (Å²) < 4.78 is 10.2. The van der Waals surface area contributed by atoms with Crippen LogP contribution >= 0.6 is 0 Å². The van der Waals surface area contributed by atoms with Crippen molar-refractivity contribution in [1.29, 1.82) is 0 Å². The lowest BCUT2D eigenvalue weighted by Crippen LogP contribution is -2.19. The highest BCUT2D eigenvalue weighted by molar-refractivity contribution is 5.80. The summed E-state index contributed by atoms with van der Waals surface area (Å²) in [6, 6.07) is 16.6. The van der Waals surface area contributed by atoms with Crippen molar-refractivity contribution in [2.45, 2.75) is 57.2 Å². The third kappa shape index (κ3) is 9.14. The normalized spacial score (nSPS) is 12.4. The number of benzene rings is 2. The van der Waals surface area contributed by atoms with Gasteiger partial charge in [-0.15, -0.1) is 0 Å². The summed E-state index contributed by atoms with van der Waals surface area (Å²) in [4.78, 5) is 46.7. The van der Waals surface area contributed by atoms with Crippen LogP contribution in [-0.2, 0) is 28.7 Å². The molecule has 0 aliphatic carbocycles. The van der Waals surface area contributed by atoms with Crippen molar-refractivity contribution >= 4 is 23.9 Å². The molecule has 0 aromatic heterocycles. The Balaban J connectivity index is 1.61. The molecule has 2 unspecified atom stereocenters. The van der Waals surface area contributed by atoms with E-state index >= 15 is 0 Å². The van der Waals surface area contributed by atoms with E-state index in [1.54, 1.807) is 60.7 Å². The first-order valence-corrected chi connectivity index (χ1v) is 10.8. The molecule has 0 heterocycles. The van der Waals surface area contributed by atoms with Crippen LogP contribution in [0.1, 0.15) is 68.3 Å². The Kier molecular flexibility index (Phi) is 10.6. The van der Waals surface area contributed by atoms with Gasteiger partial charge in [0, 0.05) is 24.0 Å². The monoisotopic (exact) mass is 456 g/mol. The summed E-state index contributed by atoms with van der Waals surface area (Å²) in [6.07, 6.45) is 0.850. The molecule has 0 saturated carbocycles. The Bertz CT molecular complexity index is 835. The Hall–Kier alpha value is -3.68. The number of rotatable bonds is 14. The molecule has 0 aliphatic rings. The Labute approximate surface area is 192 Å². The van der Waals surface area contributed by atoms with Gasteiger partial charge in [0.05, 0.1) is 0 Å². The van der Waals surface area contributed by atoms with Crippen LogP contribution in [0.4, 0.5) is 0 Å². The van der Waals surface area contributed by atoms with Crippen LogP contribution in [0, 0.1) is 0 Å². The second-order valence-corrected chi connectivity index (χ2v) is 7.51. The maximum atomic E-state index is 12.0. The molecule has 0 bridgehead atoms. The van der Waals surface area contributed by atoms with E-state index in [0.717, 1.165) is 19.3 Å². The zero-order valence-corrected chi connectivity index (χ0v) is 18.2. The number of carbonyl (C=O) groups is 4. The third-order valence-electron chi connectivity index (χ3n) is 4.91. The average Bonchev–Trinajstić information content (AvgIpc) is 2.81. The molecule has 8 heteroatoms. The van der Waals surface area contributed by atoms with Crippen molar-refractivity contribution in [3.63, 3.8) is 0 Å². The van der Waals surface area contributed by atoms with Gasteiger partial charge in [-0.25, -0.2) is 9.59 Å². The number of unbranched alkanes of at least 4 members (excludes halogenated alkanes) is 4. The van der Waals surface area contributed by atoms with Crippen LogP contribution < -0.4 is 0 Å². The van der Waals surface area contributed by atoms with Gasteiger partial charge >= 0.3 is 23.9 Å². The first kappa shape index (κ1) is 25.6. The molecule has 2 aromatic rings. The third-order valence-corrected chi connectivity index (χ3v) is 4.91. The van der Waals surface area contributed by atoms with Gasteiger partial charge < -0.3 is 19.7 Å². The zero-order valence-electron chi connectivity index (χ0n) is 18.2. The lowest BCUT2D eigenvalue weighted by atomic mass is 10.1. The summed E-state index contributed by atoms with van der Waals surface area (Å²) in [5.74, 6) is -3.59. The van der Waals surface area contributed by atoms with E-state index in [0.29, 0.717) is 24.0 Å². The maximum absolute atomic E-state index is 12.0. The molecule has 0 radical (unpaired) electrons. The van der Waals surface area contributed by atoms with Crippen molar-refractivity contribution in [1.82, 2.24) is 0 Å². The Morgan fingerprint density at radius 2 is 0.909 bits per heavy atom. The van der Waals surface area contributed by atoms with Crippen LogP contribution in [0.15, 0.2) is 60.7 Å². The molecular formula is C25H28O8. The smallest absolute Gasteiger partial charge is 0.349 e. The molecular weight excluding hydrogens is 428 g/mol. The standard InChI is InChI=1S/C25H28O8/c26-20(32-22(24(28)29)18-12-6-4-7-13-18)16-10-2-1-3-11-17-21(27)33-23(25(30)31)19-14-8-5-9-15-19/h4-9,12-15,22-23H,1-3,10-11,16-17H2,(H,28,29)(H,30,31). The van der Waals surface area contributed by atoms with E-state index < -0.39 is 36.1 Å². The lowest BCUT2D eigenvalue weighted by Gasteiger charge is -2.14. The number of ether oxygens (including phenoxy) is 2. The van der Waals surface area contributed by atoms with Gasteiger partial charge in [-0.1, -0.05) is 79.9 Å². The summed E-state index contributed by atoms with van der Waals surface area (Å²) in [6.45, 7) is 0. The maximum Gasteiger partial charge on any atom is 0.349 e. The molecule has 0 spiro atoms. The van der Waals surface area contributed by atoms with Crippen LogP contribution in [0.2, 0.25) is 0 Å². The number of aliphatic carboxylic acids is 2. The van der Waals surface area contributed by atoms with E-state index in [2.05, 4.69) is 0 Å². The van der Waals surface area contributed by atoms with Gasteiger partial charge in [-0.05, 0) is 12.8 Å². The largest absolute Gasteiger partial charge is 0.478 e. The minimum atomic E-state index is -1.32. The first-order valence-electron chi connectivity index (χ1n) is 10.8. The van der Waals surface area contributed by atoms with E-state index in [1.807, 2.05) is 0 Å². The van der Waals surface area contributed by atoms with Gasteiger partial charge in [0.1, 0.15) is 0 Å². The number of carboxylic acids is 2. The molecule has 2 atom stereocenters. The number of esters is 2. The molecule has 0 fully saturated rings. The molecule has 176 valence electrons. The SMILES string of the molecule is O=C(CCCCCCCC(=O)OC(C(=O)O)c1ccccc1)OC(C(=O)O)c1ccccc1. The predicted molar refractivity (Wildman–Crippen MR) is 118 cm³/mol.